The summed E-state index contributed by atoms with van der Waals surface area (Å²) in [6.45, 7) is 10.5. The summed E-state index contributed by atoms with van der Waals surface area (Å²) in [5, 5.41) is 8.54. The number of fused-ring (bicyclic) bond motifs is 2. The summed E-state index contributed by atoms with van der Waals surface area (Å²) in [7, 11) is 0. The van der Waals surface area contributed by atoms with Crippen molar-refractivity contribution in [3.8, 4) is 11.1 Å². The second kappa shape index (κ2) is 11.0. The van der Waals surface area contributed by atoms with Gasteiger partial charge in [0, 0.05) is 24.4 Å². The number of rotatable bonds is 8. The van der Waals surface area contributed by atoms with E-state index in [2.05, 4.69) is 141 Å². The Morgan fingerprint density at radius 3 is 2.07 bits per heavy atom. The summed E-state index contributed by atoms with van der Waals surface area (Å²) in [5.74, 6) is 0. The van der Waals surface area contributed by atoms with E-state index in [-0.39, 0.29) is 10.8 Å². The fraction of sp³-hybridized carbons (Fsp3) is 0.256. The van der Waals surface area contributed by atoms with Gasteiger partial charge in [-0.2, -0.15) is 0 Å². The first-order chi connectivity index (χ1) is 20.0. The fourth-order valence-electron chi connectivity index (χ4n) is 7.45. The van der Waals surface area contributed by atoms with Crippen LogP contribution in [0, 0.1) is 0 Å². The summed E-state index contributed by atoms with van der Waals surface area (Å²) in [6.07, 6.45) is 13.8. The van der Waals surface area contributed by atoms with Crippen LogP contribution in [0.2, 0.25) is 0 Å². The van der Waals surface area contributed by atoms with Gasteiger partial charge in [0.15, 0.2) is 0 Å². The molecule has 4 aromatic carbocycles. The summed E-state index contributed by atoms with van der Waals surface area (Å²) in [5.41, 5.74) is 7.85. The van der Waals surface area contributed by atoms with Crippen molar-refractivity contribution < 1.29 is 0 Å². The number of nitrogens with one attached hydrogen (secondary N) is 1. The average molecular weight is 537 g/mol. The molecule has 0 bridgehead atoms. The number of pyridine rings is 1. The van der Waals surface area contributed by atoms with E-state index in [0.29, 0.717) is 0 Å². The van der Waals surface area contributed by atoms with Crippen molar-refractivity contribution >= 4 is 27.1 Å². The number of benzene rings is 4. The molecule has 0 saturated carbocycles. The van der Waals surface area contributed by atoms with E-state index in [4.69, 9.17) is 0 Å². The molecule has 2 heteroatoms. The number of nitrogens with zero attached hydrogens (tertiary/aromatic N) is 1. The molecule has 1 aromatic heterocycles. The van der Waals surface area contributed by atoms with Crippen LogP contribution in [0.15, 0.2) is 116 Å². The van der Waals surface area contributed by atoms with Crippen molar-refractivity contribution in [1.29, 1.82) is 0 Å². The predicted octanol–water partition coefficient (Wildman–Crippen LogP) is 9.98. The highest BCUT2D eigenvalue weighted by atomic mass is 14.8. The largest absolute Gasteiger partial charge is 0.387 e. The van der Waals surface area contributed by atoms with Crippen LogP contribution >= 0.6 is 0 Å². The highest BCUT2D eigenvalue weighted by Crippen LogP contribution is 2.51. The molecule has 1 unspecified atom stereocenters. The lowest BCUT2D eigenvalue weighted by atomic mass is 9.55. The molecular formula is C39H40N2. The molecule has 0 saturated heterocycles. The normalized spacial score (nSPS) is 15.0. The van der Waals surface area contributed by atoms with Crippen LogP contribution in [0.1, 0.15) is 63.6 Å². The first kappa shape index (κ1) is 27.0. The highest BCUT2D eigenvalue weighted by Gasteiger charge is 2.45. The van der Waals surface area contributed by atoms with E-state index in [1.807, 2.05) is 12.4 Å². The average Bonchev–Trinajstić information content (AvgIpc) is 3.03. The topological polar surface area (TPSA) is 24.9 Å². The van der Waals surface area contributed by atoms with Crippen LogP contribution in [-0.4, -0.2) is 11.5 Å². The van der Waals surface area contributed by atoms with Crippen molar-refractivity contribution in [3.05, 3.63) is 132 Å². The standard InChI is InChI=1S/C39H40N2/c1-5-22-39(6-2,38(3,4)30-12-8-7-9-13-30)31-16-17-34-35(27-31)37(29-20-25-41-26-21-29)33-15-11-10-14-32(33)36(34)28-18-23-40-24-19-28/h7-21,23-25,27,41H,5-6,22,26H2,1-4H3. The lowest BCUT2D eigenvalue weighted by Crippen LogP contribution is -2.45. The van der Waals surface area contributed by atoms with E-state index >= 15 is 0 Å². The minimum absolute atomic E-state index is 0.0185. The molecule has 6 rings (SSSR count). The molecular weight excluding hydrogens is 496 g/mol. The molecule has 2 heterocycles. The first-order valence-corrected chi connectivity index (χ1v) is 15.1. The van der Waals surface area contributed by atoms with Crippen LogP contribution in [0.3, 0.4) is 0 Å². The third-order valence-electron chi connectivity index (χ3n) is 9.63. The first-order valence-electron chi connectivity index (χ1n) is 15.1. The van der Waals surface area contributed by atoms with Gasteiger partial charge in [0.2, 0.25) is 0 Å². The van der Waals surface area contributed by atoms with Gasteiger partial charge in [-0.3, -0.25) is 4.98 Å². The maximum Gasteiger partial charge on any atom is 0.0334 e. The van der Waals surface area contributed by atoms with Gasteiger partial charge in [-0.05, 0) is 104 Å². The Morgan fingerprint density at radius 2 is 1.41 bits per heavy atom. The minimum Gasteiger partial charge on any atom is -0.387 e. The SMILES string of the molecule is CCCC(CC)(c1ccc2c(-c3ccncc3)c3ccccc3c(C3=CCNC=C3)c2c1)C(C)(C)c1ccccc1. The number of hydrogen-bond donors (Lipinski definition) is 1. The van der Waals surface area contributed by atoms with Crippen molar-refractivity contribution in [2.45, 2.75) is 57.8 Å². The van der Waals surface area contributed by atoms with Crippen molar-refractivity contribution in [2.24, 2.45) is 0 Å². The van der Waals surface area contributed by atoms with Crippen LogP contribution in [-0.2, 0) is 10.8 Å². The van der Waals surface area contributed by atoms with Crippen LogP contribution in [0.5, 0.6) is 0 Å². The third-order valence-corrected chi connectivity index (χ3v) is 9.63. The van der Waals surface area contributed by atoms with Crippen LogP contribution < -0.4 is 5.32 Å². The van der Waals surface area contributed by atoms with Gasteiger partial charge < -0.3 is 5.32 Å². The molecule has 5 aromatic rings. The molecule has 1 atom stereocenters. The maximum atomic E-state index is 4.33. The fourth-order valence-corrected chi connectivity index (χ4v) is 7.45. The summed E-state index contributed by atoms with van der Waals surface area (Å²) in [4.78, 5) is 4.33. The summed E-state index contributed by atoms with van der Waals surface area (Å²) in [6, 6.07) is 31.7. The lowest BCUT2D eigenvalue weighted by Gasteiger charge is -2.48. The van der Waals surface area contributed by atoms with E-state index in [0.717, 1.165) is 25.8 Å². The molecule has 41 heavy (non-hydrogen) atoms. The number of aromatic nitrogens is 1. The monoisotopic (exact) mass is 536 g/mol. The lowest BCUT2D eigenvalue weighted by molar-refractivity contribution is 0.221. The second-order valence-electron chi connectivity index (χ2n) is 11.9. The maximum absolute atomic E-state index is 4.33. The Bertz CT molecular complexity index is 1750. The van der Waals surface area contributed by atoms with Gasteiger partial charge in [-0.25, -0.2) is 0 Å². The van der Waals surface area contributed by atoms with Crippen molar-refractivity contribution in [2.75, 3.05) is 6.54 Å². The quantitative estimate of drug-likeness (QED) is 0.200. The van der Waals surface area contributed by atoms with Gasteiger partial charge in [0.1, 0.15) is 0 Å². The van der Waals surface area contributed by atoms with Crippen LogP contribution in [0.25, 0.3) is 38.2 Å². The molecule has 0 amide bonds. The highest BCUT2D eigenvalue weighted by molar-refractivity contribution is 6.19. The summed E-state index contributed by atoms with van der Waals surface area (Å²) >= 11 is 0. The predicted molar refractivity (Wildman–Crippen MR) is 176 cm³/mol. The molecule has 0 spiro atoms. The zero-order valence-electron chi connectivity index (χ0n) is 24.7. The second-order valence-corrected chi connectivity index (χ2v) is 11.9. The minimum atomic E-state index is -0.0500. The molecule has 2 nitrogen and oxygen atoms in total. The Balaban J connectivity index is 1.72. The molecule has 0 aliphatic carbocycles. The third kappa shape index (κ3) is 4.47. The van der Waals surface area contributed by atoms with Gasteiger partial charge in [0.25, 0.3) is 0 Å². The molecule has 1 N–H and O–H groups in total. The van der Waals surface area contributed by atoms with Crippen LogP contribution in [0.4, 0.5) is 0 Å². The molecule has 1 aliphatic heterocycles. The van der Waals surface area contributed by atoms with Crippen molar-refractivity contribution in [3.63, 3.8) is 0 Å². The van der Waals surface area contributed by atoms with E-state index in [1.54, 1.807) is 0 Å². The Kier molecular flexibility index (Phi) is 7.26. The van der Waals surface area contributed by atoms with E-state index < -0.39 is 0 Å². The molecule has 1 aliphatic rings. The van der Waals surface area contributed by atoms with Crippen molar-refractivity contribution in [1.82, 2.24) is 10.3 Å². The number of hydrogen-bond acceptors (Lipinski definition) is 2. The zero-order chi connectivity index (χ0) is 28.5. The van der Waals surface area contributed by atoms with Gasteiger partial charge >= 0.3 is 0 Å². The van der Waals surface area contributed by atoms with Gasteiger partial charge in [-0.15, -0.1) is 0 Å². The number of dihydropyridines is 1. The molecule has 0 fully saturated rings. The van der Waals surface area contributed by atoms with E-state index in [9.17, 15) is 0 Å². The summed E-state index contributed by atoms with van der Waals surface area (Å²) < 4.78 is 0. The number of allylic oxidation sites excluding steroid dienone is 2. The van der Waals surface area contributed by atoms with Gasteiger partial charge in [-0.1, -0.05) is 107 Å². The van der Waals surface area contributed by atoms with E-state index in [1.165, 1.54) is 54.9 Å². The Hall–Kier alpha value is -4.17. The molecule has 206 valence electrons. The Morgan fingerprint density at radius 1 is 0.732 bits per heavy atom. The zero-order valence-corrected chi connectivity index (χ0v) is 24.7. The Labute approximate surface area is 244 Å². The smallest absolute Gasteiger partial charge is 0.0334 e. The molecule has 0 radical (unpaired) electrons. The van der Waals surface area contributed by atoms with Gasteiger partial charge in [0.05, 0.1) is 0 Å².